The Labute approximate surface area is 236 Å². The minimum absolute atomic E-state index is 0.125. The number of sulfonamides is 1. The van der Waals surface area contributed by atoms with E-state index in [9.17, 15) is 18.0 Å². The van der Waals surface area contributed by atoms with Gasteiger partial charge in [-0.25, -0.2) is 13.2 Å². The maximum absolute atomic E-state index is 13.0. The maximum atomic E-state index is 13.0. The van der Waals surface area contributed by atoms with Gasteiger partial charge in [-0.3, -0.25) is 9.52 Å². The summed E-state index contributed by atoms with van der Waals surface area (Å²) in [4.78, 5) is 27.1. The first-order valence-corrected chi connectivity index (χ1v) is 14.0. The average Bonchev–Trinajstić information content (AvgIpc) is 3.03. The monoisotopic (exact) mass is 592 g/mol. The molecule has 0 radical (unpaired) electrons. The number of benzene rings is 3. The molecule has 198 valence electrons. The van der Waals surface area contributed by atoms with Crippen molar-refractivity contribution in [3.8, 4) is 0 Å². The number of para-hydroxylation sites is 1. The number of esters is 1. The number of nitrogens with zero attached hydrogens (tertiary/aromatic N) is 1. The van der Waals surface area contributed by atoms with Crippen LogP contribution in [0.2, 0.25) is 15.1 Å². The average molecular weight is 594 g/mol. The quantitative estimate of drug-likeness (QED) is 0.249. The van der Waals surface area contributed by atoms with E-state index in [4.69, 9.17) is 39.5 Å². The first kappa shape index (κ1) is 28.0. The Morgan fingerprint density at radius 2 is 1.71 bits per heavy atom. The van der Waals surface area contributed by atoms with E-state index in [2.05, 4.69) is 4.72 Å². The Balaban J connectivity index is 1.52. The summed E-state index contributed by atoms with van der Waals surface area (Å²) in [7, 11) is -2.35. The van der Waals surface area contributed by atoms with Crippen molar-refractivity contribution in [3.05, 3.63) is 98.6 Å². The Kier molecular flexibility index (Phi) is 7.81. The zero-order valence-corrected chi connectivity index (χ0v) is 23.7. The number of hydrogen-bond donors (Lipinski definition) is 1. The smallest absolute Gasteiger partial charge is 0.340 e. The topological polar surface area (TPSA) is 92.8 Å². The van der Waals surface area contributed by atoms with Gasteiger partial charge in [0.2, 0.25) is 0 Å². The van der Waals surface area contributed by atoms with Gasteiger partial charge >= 0.3 is 5.97 Å². The van der Waals surface area contributed by atoms with Gasteiger partial charge in [0, 0.05) is 34.9 Å². The third-order valence-electron chi connectivity index (χ3n) is 6.19. The standard InChI is InChI=1S/C27H23Cl3N2O5S/c1-27(2)20-9-4-5-10-23(20)32(3)25(27)12-18(33)15-37-26(34)19-13-24(22(30)14-21(19)29)38(35,36)31-17-8-6-7-16(28)11-17/h4-14,31H,15H2,1-3H3. The first-order valence-electron chi connectivity index (χ1n) is 11.3. The number of anilines is 2. The number of likely N-dealkylation sites (N-methyl/N-ethyl adjacent to an activating group) is 1. The van der Waals surface area contributed by atoms with Gasteiger partial charge in [-0.15, -0.1) is 0 Å². The number of halogens is 3. The number of fused-ring (bicyclic) bond motifs is 1. The van der Waals surface area contributed by atoms with Gasteiger partial charge in [0.05, 0.1) is 21.3 Å². The number of allylic oxidation sites excluding steroid dienone is 1. The molecule has 0 saturated heterocycles. The lowest BCUT2D eigenvalue weighted by atomic mass is 9.83. The van der Waals surface area contributed by atoms with Crippen LogP contribution in [-0.2, 0) is 25.0 Å². The molecule has 0 aromatic heterocycles. The number of carbonyl (C=O) groups excluding carboxylic acids is 2. The maximum Gasteiger partial charge on any atom is 0.340 e. The van der Waals surface area contributed by atoms with Gasteiger partial charge in [-0.05, 0) is 42.0 Å². The molecule has 0 bridgehead atoms. The van der Waals surface area contributed by atoms with Crippen molar-refractivity contribution < 1.29 is 22.7 Å². The van der Waals surface area contributed by atoms with Gasteiger partial charge in [-0.2, -0.15) is 0 Å². The van der Waals surface area contributed by atoms with E-state index in [1.807, 2.05) is 50.1 Å². The summed E-state index contributed by atoms with van der Waals surface area (Å²) in [6.07, 6.45) is 1.45. The Morgan fingerprint density at radius 3 is 2.39 bits per heavy atom. The summed E-state index contributed by atoms with van der Waals surface area (Å²) in [6.45, 7) is 3.45. The molecule has 0 unspecified atom stereocenters. The van der Waals surface area contributed by atoms with Gasteiger partial charge in [0.15, 0.2) is 12.4 Å². The molecule has 38 heavy (non-hydrogen) atoms. The molecule has 3 aromatic carbocycles. The molecule has 1 N–H and O–H groups in total. The van der Waals surface area contributed by atoms with E-state index in [1.165, 1.54) is 18.2 Å². The van der Waals surface area contributed by atoms with Crippen LogP contribution in [0.3, 0.4) is 0 Å². The van der Waals surface area contributed by atoms with Crippen molar-refractivity contribution in [2.75, 3.05) is 23.3 Å². The van der Waals surface area contributed by atoms with E-state index < -0.39 is 38.7 Å². The predicted octanol–water partition coefficient (Wildman–Crippen LogP) is 6.49. The van der Waals surface area contributed by atoms with Crippen LogP contribution in [0.15, 0.2) is 77.3 Å². The van der Waals surface area contributed by atoms with E-state index in [0.717, 1.165) is 29.1 Å². The Hall–Kier alpha value is -3.04. The molecule has 0 spiro atoms. The number of hydrogen-bond acceptors (Lipinski definition) is 6. The lowest BCUT2D eigenvalue weighted by Crippen LogP contribution is -2.25. The lowest BCUT2D eigenvalue weighted by Gasteiger charge is -2.23. The molecular weight excluding hydrogens is 571 g/mol. The number of nitrogens with one attached hydrogen (secondary N) is 1. The second kappa shape index (κ2) is 10.6. The van der Waals surface area contributed by atoms with Crippen LogP contribution in [-0.4, -0.2) is 33.8 Å². The highest BCUT2D eigenvalue weighted by Gasteiger charge is 2.38. The summed E-state index contributed by atoms with van der Waals surface area (Å²) in [5.41, 5.74) is 2.34. The highest BCUT2D eigenvalue weighted by atomic mass is 35.5. The van der Waals surface area contributed by atoms with E-state index >= 15 is 0 Å². The van der Waals surface area contributed by atoms with Crippen molar-refractivity contribution in [2.24, 2.45) is 0 Å². The fraction of sp³-hybridized carbons (Fsp3) is 0.185. The molecule has 1 aliphatic rings. The summed E-state index contributed by atoms with van der Waals surface area (Å²) in [5.74, 6) is -1.42. The Bertz CT molecular complexity index is 1590. The molecule has 0 fully saturated rings. The summed E-state index contributed by atoms with van der Waals surface area (Å²) in [6, 6.07) is 16.1. The van der Waals surface area contributed by atoms with Crippen LogP contribution in [0, 0.1) is 0 Å². The largest absolute Gasteiger partial charge is 0.454 e. The molecule has 7 nitrogen and oxygen atoms in total. The molecule has 4 rings (SSSR count). The van der Waals surface area contributed by atoms with Crippen LogP contribution < -0.4 is 9.62 Å². The summed E-state index contributed by atoms with van der Waals surface area (Å²) >= 11 is 18.2. The Morgan fingerprint density at radius 1 is 1.00 bits per heavy atom. The third kappa shape index (κ3) is 5.54. The van der Waals surface area contributed by atoms with Crippen LogP contribution in [0.4, 0.5) is 11.4 Å². The molecule has 1 aliphatic heterocycles. The SMILES string of the molecule is CN1C(=CC(=O)COC(=O)c2cc(S(=O)(=O)Nc3cccc(Cl)c3)c(Cl)cc2Cl)C(C)(C)c2ccccc21. The second-order valence-corrected chi connectivity index (χ2v) is 12.1. The van der Waals surface area contributed by atoms with E-state index in [0.29, 0.717) is 5.02 Å². The summed E-state index contributed by atoms with van der Waals surface area (Å²) in [5, 5.41) is -0.0000513. The van der Waals surface area contributed by atoms with Crippen molar-refractivity contribution in [1.82, 2.24) is 0 Å². The van der Waals surface area contributed by atoms with Crippen LogP contribution in [0.1, 0.15) is 29.8 Å². The fourth-order valence-electron chi connectivity index (χ4n) is 4.32. The van der Waals surface area contributed by atoms with Gasteiger partial charge in [-0.1, -0.05) is 72.9 Å². The van der Waals surface area contributed by atoms with Crippen molar-refractivity contribution in [1.29, 1.82) is 0 Å². The van der Waals surface area contributed by atoms with Crippen molar-refractivity contribution in [3.63, 3.8) is 0 Å². The number of ketones is 1. The van der Waals surface area contributed by atoms with Gasteiger partial charge in [0.1, 0.15) is 4.90 Å². The van der Waals surface area contributed by atoms with Gasteiger partial charge < -0.3 is 9.64 Å². The normalized spacial score (nSPS) is 15.3. The lowest BCUT2D eigenvalue weighted by molar-refractivity contribution is -0.117. The highest BCUT2D eigenvalue weighted by molar-refractivity contribution is 7.92. The zero-order valence-electron chi connectivity index (χ0n) is 20.6. The highest BCUT2D eigenvalue weighted by Crippen LogP contribution is 2.46. The van der Waals surface area contributed by atoms with Crippen molar-refractivity contribution in [2.45, 2.75) is 24.2 Å². The van der Waals surface area contributed by atoms with Crippen LogP contribution >= 0.6 is 34.8 Å². The van der Waals surface area contributed by atoms with Crippen molar-refractivity contribution >= 4 is 68.0 Å². The summed E-state index contributed by atoms with van der Waals surface area (Å²) < 4.78 is 33.5. The molecule has 3 aromatic rings. The predicted molar refractivity (Wildman–Crippen MR) is 150 cm³/mol. The molecule has 1 heterocycles. The second-order valence-electron chi connectivity index (χ2n) is 9.15. The van der Waals surface area contributed by atoms with E-state index in [-0.39, 0.29) is 21.3 Å². The number of ether oxygens (including phenoxy) is 1. The fourth-order valence-corrected chi connectivity index (χ4v) is 6.41. The molecule has 0 saturated carbocycles. The molecular formula is C27H23Cl3N2O5S. The first-order chi connectivity index (χ1) is 17.8. The third-order valence-corrected chi connectivity index (χ3v) is 8.59. The molecule has 0 aliphatic carbocycles. The molecule has 0 atom stereocenters. The number of rotatable bonds is 7. The minimum Gasteiger partial charge on any atom is -0.454 e. The van der Waals surface area contributed by atoms with E-state index in [1.54, 1.807) is 12.1 Å². The van der Waals surface area contributed by atoms with Crippen LogP contribution in [0.25, 0.3) is 0 Å². The minimum atomic E-state index is -4.21. The van der Waals surface area contributed by atoms with Gasteiger partial charge in [0.25, 0.3) is 10.0 Å². The molecule has 11 heteroatoms. The van der Waals surface area contributed by atoms with Crippen LogP contribution in [0.5, 0.6) is 0 Å². The zero-order chi connectivity index (χ0) is 27.8. The number of carbonyl (C=O) groups is 2. The molecule has 0 amide bonds.